The number of hydrogen-bond donors (Lipinski definition) is 0. The van der Waals surface area contributed by atoms with E-state index in [1.165, 1.54) is 16.9 Å². The number of halogens is 1. The molecule has 1 aliphatic rings. The van der Waals surface area contributed by atoms with Crippen LogP contribution in [0.25, 0.3) is 6.08 Å². The van der Waals surface area contributed by atoms with Gasteiger partial charge in [0, 0.05) is 0 Å². The van der Waals surface area contributed by atoms with E-state index in [9.17, 15) is 9.59 Å². The van der Waals surface area contributed by atoms with Crippen LogP contribution < -0.4 is 19.6 Å². The number of aryl methyl sites for hydroxylation is 2. The van der Waals surface area contributed by atoms with Crippen molar-refractivity contribution in [3.05, 3.63) is 129 Å². The molecule has 0 N–H and O–H groups in total. The number of thiazole rings is 1. The van der Waals surface area contributed by atoms with Crippen LogP contribution in [0.1, 0.15) is 47.7 Å². The van der Waals surface area contributed by atoms with Crippen molar-refractivity contribution in [1.82, 2.24) is 4.57 Å². The smallest absolute Gasteiger partial charge is 0.338 e. The average molecular weight is 665 g/mol. The van der Waals surface area contributed by atoms with Crippen molar-refractivity contribution in [3.8, 4) is 5.75 Å². The second-order valence-corrected chi connectivity index (χ2v) is 11.8. The Bertz CT molecular complexity index is 1780. The molecule has 0 unspecified atom stereocenters. The van der Waals surface area contributed by atoms with E-state index in [0.717, 1.165) is 31.6 Å². The fourth-order valence-corrected chi connectivity index (χ4v) is 6.32. The van der Waals surface area contributed by atoms with Crippen molar-refractivity contribution in [1.29, 1.82) is 0 Å². The maximum atomic E-state index is 13.8. The lowest BCUT2D eigenvalue weighted by atomic mass is 9.95. The molecular weight excluding hydrogens is 635 g/mol. The van der Waals surface area contributed by atoms with E-state index in [-0.39, 0.29) is 12.2 Å². The lowest BCUT2D eigenvalue weighted by molar-refractivity contribution is -0.139. The summed E-state index contributed by atoms with van der Waals surface area (Å²) in [7, 11) is 0. The fraction of sp³-hybridized carbons (Fsp3) is 0.219. The number of hydrogen-bond acceptors (Lipinski definition) is 6. The van der Waals surface area contributed by atoms with E-state index in [1.54, 1.807) is 18.4 Å². The van der Waals surface area contributed by atoms with Gasteiger partial charge in [0.1, 0.15) is 12.4 Å². The second kappa shape index (κ2) is 11.9. The molecule has 0 saturated carbocycles. The van der Waals surface area contributed by atoms with Crippen LogP contribution in [0.3, 0.4) is 0 Å². The maximum Gasteiger partial charge on any atom is 0.338 e. The molecule has 1 aliphatic heterocycles. The van der Waals surface area contributed by atoms with Crippen LogP contribution in [0.4, 0.5) is 0 Å². The van der Waals surface area contributed by atoms with E-state index in [4.69, 9.17) is 9.47 Å². The van der Waals surface area contributed by atoms with Crippen LogP contribution in [0.5, 0.6) is 5.75 Å². The lowest BCUT2D eigenvalue weighted by Crippen LogP contribution is -2.39. The highest BCUT2D eigenvalue weighted by Gasteiger charge is 2.33. The Morgan fingerprint density at radius 2 is 1.70 bits per heavy atom. The first-order valence-electron chi connectivity index (χ1n) is 13.0. The molecule has 1 aromatic heterocycles. The van der Waals surface area contributed by atoms with E-state index in [1.807, 2.05) is 55.5 Å². The zero-order valence-electron chi connectivity index (χ0n) is 22.7. The highest BCUT2D eigenvalue weighted by atomic mass is 127. The van der Waals surface area contributed by atoms with Gasteiger partial charge >= 0.3 is 5.97 Å². The average Bonchev–Trinajstić information content (AvgIpc) is 3.23. The van der Waals surface area contributed by atoms with Crippen molar-refractivity contribution in [3.63, 3.8) is 0 Å². The number of allylic oxidation sites excluding steroid dienone is 1. The third-order valence-electron chi connectivity index (χ3n) is 6.68. The number of rotatable bonds is 7. The van der Waals surface area contributed by atoms with Gasteiger partial charge in [-0.15, -0.1) is 0 Å². The maximum absolute atomic E-state index is 13.8. The Balaban J connectivity index is 1.51. The van der Waals surface area contributed by atoms with Crippen molar-refractivity contribution in [2.75, 3.05) is 6.61 Å². The van der Waals surface area contributed by atoms with E-state index < -0.39 is 12.0 Å². The SMILES string of the molecule is CCOC(=O)C1=C(C)N=c2s/c(=C/c3ccc(OCc4ccc(C)cc4)c(I)c3)c(=O)n2[C@H]1c1ccc(C)cc1. The fourth-order valence-electron chi connectivity index (χ4n) is 4.58. The van der Waals surface area contributed by atoms with Crippen molar-refractivity contribution < 1.29 is 14.3 Å². The highest BCUT2D eigenvalue weighted by Crippen LogP contribution is 2.31. The first kappa shape index (κ1) is 28.0. The number of aromatic nitrogens is 1. The molecule has 0 aliphatic carbocycles. The summed E-state index contributed by atoms with van der Waals surface area (Å²) < 4.78 is 14.5. The molecule has 0 fully saturated rings. The Morgan fingerprint density at radius 1 is 1.02 bits per heavy atom. The molecular formula is C32H29IN2O4S. The Kier molecular flexibility index (Phi) is 8.37. The van der Waals surface area contributed by atoms with Crippen molar-refractivity contribution >= 4 is 46.0 Å². The molecule has 0 saturated heterocycles. The summed E-state index contributed by atoms with van der Waals surface area (Å²) in [6, 6.07) is 21.4. The number of nitrogens with zero attached hydrogens (tertiary/aromatic N) is 2. The summed E-state index contributed by atoms with van der Waals surface area (Å²) in [6.45, 7) is 8.35. The van der Waals surface area contributed by atoms with Crippen LogP contribution in [0, 0.1) is 17.4 Å². The quantitative estimate of drug-likeness (QED) is 0.191. The summed E-state index contributed by atoms with van der Waals surface area (Å²) in [5.41, 5.74) is 5.87. The van der Waals surface area contributed by atoms with Gasteiger partial charge in [0.05, 0.1) is 32.0 Å². The lowest BCUT2D eigenvalue weighted by Gasteiger charge is -2.24. The number of fused-ring (bicyclic) bond motifs is 1. The molecule has 0 radical (unpaired) electrons. The molecule has 4 aromatic rings. The van der Waals surface area contributed by atoms with E-state index >= 15 is 0 Å². The van der Waals surface area contributed by atoms with Crippen LogP contribution >= 0.6 is 33.9 Å². The summed E-state index contributed by atoms with van der Waals surface area (Å²) in [5, 5.41) is 0. The zero-order valence-corrected chi connectivity index (χ0v) is 25.7. The van der Waals surface area contributed by atoms with Gasteiger partial charge in [-0.1, -0.05) is 77.1 Å². The molecule has 40 heavy (non-hydrogen) atoms. The van der Waals surface area contributed by atoms with Gasteiger partial charge in [-0.25, -0.2) is 9.79 Å². The standard InChI is InChI=1S/C32H29IN2O4S/c1-5-38-31(37)28-21(4)34-32-35(29(28)24-13-8-20(3)9-14-24)30(36)27(40-32)17-23-12-15-26(25(33)16-23)39-18-22-10-6-19(2)7-11-22/h6-17,29H,5,18H2,1-4H3/b27-17+/t29-/m0/s1. The van der Waals surface area contributed by atoms with E-state index in [0.29, 0.717) is 27.2 Å². The van der Waals surface area contributed by atoms with E-state index in [2.05, 4.69) is 58.8 Å². The number of benzene rings is 3. The molecule has 0 spiro atoms. The van der Waals surface area contributed by atoms with Gasteiger partial charge in [-0.3, -0.25) is 9.36 Å². The van der Waals surface area contributed by atoms with Gasteiger partial charge in [0.25, 0.3) is 5.56 Å². The minimum atomic E-state index is -0.615. The zero-order chi connectivity index (χ0) is 28.4. The predicted octanol–water partition coefficient (Wildman–Crippen LogP) is 5.60. The van der Waals surface area contributed by atoms with Crippen LogP contribution in [-0.4, -0.2) is 17.1 Å². The highest BCUT2D eigenvalue weighted by molar-refractivity contribution is 14.1. The summed E-state index contributed by atoms with van der Waals surface area (Å²) in [4.78, 5) is 32.1. The second-order valence-electron chi connectivity index (χ2n) is 9.68. The Hall–Kier alpha value is -3.50. The van der Waals surface area contributed by atoms with Crippen LogP contribution in [0.15, 0.2) is 87.8 Å². The van der Waals surface area contributed by atoms with Crippen molar-refractivity contribution in [2.45, 2.75) is 40.3 Å². The monoisotopic (exact) mass is 664 g/mol. The van der Waals surface area contributed by atoms with Gasteiger partial charge in [0.15, 0.2) is 4.80 Å². The van der Waals surface area contributed by atoms with Crippen LogP contribution in [-0.2, 0) is 16.1 Å². The molecule has 6 nitrogen and oxygen atoms in total. The van der Waals surface area contributed by atoms with Gasteiger partial charge in [0.2, 0.25) is 0 Å². The summed E-state index contributed by atoms with van der Waals surface area (Å²) >= 11 is 3.57. The first-order chi connectivity index (χ1) is 19.2. The number of carbonyl (C=O) groups is 1. The minimum Gasteiger partial charge on any atom is -0.488 e. The number of esters is 1. The number of ether oxygens (including phenoxy) is 2. The third kappa shape index (κ3) is 5.83. The topological polar surface area (TPSA) is 69.9 Å². The molecule has 204 valence electrons. The molecule has 3 aromatic carbocycles. The van der Waals surface area contributed by atoms with Crippen molar-refractivity contribution in [2.24, 2.45) is 4.99 Å². The van der Waals surface area contributed by atoms with Gasteiger partial charge in [-0.05, 0) is 85.2 Å². The molecule has 0 bridgehead atoms. The predicted molar refractivity (Wildman–Crippen MR) is 166 cm³/mol. The summed E-state index contributed by atoms with van der Waals surface area (Å²) in [5.74, 6) is 0.327. The molecule has 5 rings (SSSR count). The Morgan fingerprint density at radius 3 is 2.35 bits per heavy atom. The molecule has 2 heterocycles. The summed E-state index contributed by atoms with van der Waals surface area (Å²) in [6.07, 6.45) is 1.87. The Labute approximate surface area is 250 Å². The van der Waals surface area contributed by atoms with Crippen LogP contribution in [0.2, 0.25) is 0 Å². The molecule has 8 heteroatoms. The largest absolute Gasteiger partial charge is 0.488 e. The number of carbonyl (C=O) groups excluding carboxylic acids is 1. The third-order valence-corrected chi connectivity index (χ3v) is 8.50. The normalized spacial score (nSPS) is 15.0. The van der Waals surface area contributed by atoms with Gasteiger partial charge < -0.3 is 9.47 Å². The van der Waals surface area contributed by atoms with Gasteiger partial charge in [-0.2, -0.15) is 0 Å². The molecule has 1 atom stereocenters. The minimum absolute atomic E-state index is 0.196. The first-order valence-corrected chi connectivity index (χ1v) is 14.9. The molecule has 0 amide bonds.